The summed E-state index contributed by atoms with van der Waals surface area (Å²) in [5, 5.41) is 3.47. The predicted octanol–water partition coefficient (Wildman–Crippen LogP) is 3.84. The molecule has 1 N–H and O–H groups in total. The molecule has 108 valence electrons. The molecule has 2 rings (SSSR count). The largest absolute Gasteiger partial charge is 0.314 e. The molecule has 1 atom stereocenters. The van der Waals surface area contributed by atoms with Crippen LogP contribution in [0.1, 0.15) is 55.3 Å². The Morgan fingerprint density at radius 2 is 2.00 bits per heavy atom. The summed E-state index contributed by atoms with van der Waals surface area (Å²) in [5.74, 6) is 0. The molecule has 1 aliphatic heterocycles. The van der Waals surface area contributed by atoms with Gasteiger partial charge in [-0.1, -0.05) is 33.1 Å². The molecule has 0 saturated carbocycles. The highest BCUT2D eigenvalue weighted by atomic mass is 32.1. The maximum Gasteiger partial charge on any atom is 0.0442 e. The predicted molar refractivity (Wildman–Crippen MR) is 85.0 cm³/mol. The van der Waals surface area contributed by atoms with E-state index in [0.29, 0.717) is 6.04 Å². The van der Waals surface area contributed by atoms with Crippen LogP contribution < -0.4 is 5.32 Å². The summed E-state index contributed by atoms with van der Waals surface area (Å²) in [7, 11) is 0. The molecule has 19 heavy (non-hydrogen) atoms. The summed E-state index contributed by atoms with van der Waals surface area (Å²) >= 11 is 2.03. The highest BCUT2D eigenvalue weighted by Gasteiger charge is 2.22. The van der Waals surface area contributed by atoms with Crippen molar-refractivity contribution in [1.29, 1.82) is 0 Å². The van der Waals surface area contributed by atoms with Crippen LogP contribution in [0.2, 0.25) is 0 Å². The topological polar surface area (TPSA) is 15.3 Å². The average molecular weight is 280 g/mol. The molecule has 1 saturated heterocycles. The first-order valence-electron chi connectivity index (χ1n) is 7.88. The molecule has 0 amide bonds. The van der Waals surface area contributed by atoms with E-state index >= 15 is 0 Å². The molecule has 1 aromatic rings. The second kappa shape index (κ2) is 8.03. The first-order valence-corrected chi connectivity index (χ1v) is 8.70. The van der Waals surface area contributed by atoms with Crippen LogP contribution in [-0.2, 0) is 6.42 Å². The van der Waals surface area contributed by atoms with Crippen LogP contribution in [0.15, 0.2) is 12.1 Å². The minimum absolute atomic E-state index is 0.666. The molecule has 0 aromatic carbocycles. The summed E-state index contributed by atoms with van der Waals surface area (Å²) < 4.78 is 0. The first kappa shape index (κ1) is 15.0. The van der Waals surface area contributed by atoms with Crippen molar-refractivity contribution < 1.29 is 0 Å². The molecule has 1 aromatic heterocycles. The highest BCUT2D eigenvalue weighted by Crippen LogP contribution is 2.32. The number of piperazine rings is 1. The van der Waals surface area contributed by atoms with Crippen LogP contribution in [-0.4, -0.2) is 31.1 Å². The number of thiophene rings is 1. The number of nitrogens with zero attached hydrogens (tertiary/aromatic N) is 1. The second-order valence-electron chi connectivity index (χ2n) is 5.46. The molecule has 3 heteroatoms. The Bertz CT molecular complexity index is 355. The number of hydrogen-bond acceptors (Lipinski definition) is 3. The fourth-order valence-electron chi connectivity index (χ4n) is 2.85. The molecule has 0 bridgehead atoms. The maximum atomic E-state index is 3.47. The lowest BCUT2D eigenvalue weighted by molar-refractivity contribution is 0.165. The van der Waals surface area contributed by atoms with Crippen molar-refractivity contribution in [2.45, 2.75) is 52.0 Å². The van der Waals surface area contributed by atoms with Crippen molar-refractivity contribution in [3.05, 3.63) is 21.9 Å². The summed E-state index contributed by atoms with van der Waals surface area (Å²) in [6.45, 7) is 9.26. The van der Waals surface area contributed by atoms with Crippen molar-refractivity contribution >= 4 is 11.3 Å². The monoisotopic (exact) mass is 280 g/mol. The lowest BCUT2D eigenvalue weighted by Gasteiger charge is -2.34. The van der Waals surface area contributed by atoms with Gasteiger partial charge in [-0.25, -0.2) is 0 Å². The zero-order chi connectivity index (χ0) is 13.5. The van der Waals surface area contributed by atoms with Crippen molar-refractivity contribution in [1.82, 2.24) is 10.2 Å². The molecular formula is C16H28N2S. The van der Waals surface area contributed by atoms with E-state index in [4.69, 9.17) is 0 Å². The van der Waals surface area contributed by atoms with Crippen molar-refractivity contribution in [2.75, 3.05) is 26.2 Å². The van der Waals surface area contributed by atoms with Crippen LogP contribution in [0, 0.1) is 0 Å². The smallest absolute Gasteiger partial charge is 0.0442 e. The van der Waals surface area contributed by atoms with Crippen molar-refractivity contribution in [3.63, 3.8) is 0 Å². The maximum absolute atomic E-state index is 3.47. The summed E-state index contributed by atoms with van der Waals surface area (Å²) in [6.07, 6.45) is 6.56. The van der Waals surface area contributed by atoms with Gasteiger partial charge in [0.1, 0.15) is 0 Å². The number of rotatable bonds is 7. The fraction of sp³-hybridized carbons (Fsp3) is 0.750. The lowest BCUT2D eigenvalue weighted by atomic mass is 10.0. The van der Waals surface area contributed by atoms with Gasteiger partial charge in [-0.2, -0.15) is 0 Å². The van der Waals surface area contributed by atoms with Crippen molar-refractivity contribution in [2.24, 2.45) is 0 Å². The third-order valence-corrected chi connectivity index (χ3v) is 5.36. The molecular weight excluding hydrogens is 252 g/mol. The van der Waals surface area contributed by atoms with E-state index in [0.717, 1.165) is 13.1 Å². The van der Waals surface area contributed by atoms with Gasteiger partial charge in [-0.05, 0) is 25.0 Å². The van der Waals surface area contributed by atoms with Gasteiger partial charge in [0.15, 0.2) is 0 Å². The molecule has 1 fully saturated rings. The summed E-state index contributed by atoms with van der Waals surface area (Å²) in [6, 6.07) is 5.37. The van der Waals surface area contributed by atoms with E-state index in [1.165, 1.54) is 50.1 Å². The lowest BCUT2D eigenvalue weighted by Crippen LogP contribution is -2.45. The molecule has 0 radical (unpaired) electrons. The van der Waals surface area contributed by atoms with E-state index in [-0.39, 0.29) is 0 Å². The molecule has 0 unspecified atom stereocenters. The molecule has 2 nitrogen and oxygen atoms in total. The molecule has 1 aliphatic rings. The minimum atomic E-state index is 0.666. The Kier molecular flexibility index (Phi) is 6.35. The van der Waals surface area contributed by atoms with Gasteiger partial charge in [0.25, 0.3) is 0 Å². The Labute approximate surface area is 122 Å². The average Bonchev–Trinajstić information content (AvgIpc) is 2.93. The molecule has 2 heterocycles. The van der Waals surface area contributed by atoms with Crippen LogP contribution >= 0.6 is 11.3 Å². The van der Waals surface area contributed by atoms with Gasteiger partial charge in [0, 0.05) is 42.0 Å². The van der Waals surface area contributed by atoms with Gasteiger partial charge >= 0.3 is 0 Å². The van der Waals surface area contributed by atoms with E-state index in [1.54, 1.807) is 4.88 Å². The quantitative estimate of drug-likeness (QED) is 0.764. The van der Waals surface area contributed by atoms with Crippen LogP contribution in [0.4, 0.5) is 0 Å². The first-order chi connectivity index (χ1) is 9.35. The van der Waals surface area contributed by atoms with Crippen LogP contribution in [0.25, 0.3) is 0 Å². The van der Waals surface area contributed by atoms with Crippen LogP contribution in [0.3, 0.4) is 0 Å². The van der Waals surface area contributed by atoms with Gasteiger partial charge in [0.2, 0.25) is 0 Å². The third-order valence-electron chi connectivity index (χ3n) is 4.03. The van der Waals surface area contributed by atoms with E-state index in [2.05, 4.69) is 36.2 Å². The highest BCUT2D eigenvalue weighted by molar-refractivity contribution is 7.12. The second-order valence-corrected chi connectivity index (χ2v) is 6.66. The number of unbranched alkanes of at least 4 members (excludes halogenated alkanes) is 2. The van der Waals surface area contributed by atoms with E-state index in [9.17, 15) is 0 Å². The minimum Gasteiger partial charge on any atom is -0.314 e. The van der Waals surface area contributed by atoms with Gasteiger partial charge < -0.3 is 5.32 Å². The Morgan fingerprint density at radius 1 is 1.21 bits per heavy atom. The number of aryl methyl sites for hydroxylation is 1. The number of nitrogens with one attached hydrogen (secondary N) is 1. The molecule has 0 aliphatic carbocycles. The van der Waals surface area contributed by atoms with Gasteiger partial charge in [-0.3, -0.25) is 4.90 Å². The van der Waals surface area contributed by atoms with Gasteiger partial charge in [0.05, 0.1) is 0 Å². The van der Waals surface area contributed by atoms with Crippen molar-refractivity contribution in [3.8, 4) is 0 Å². The SMILES string of the molecule is CCCCC[C@H](c1ccc(CC)s1)N1CCNCC1. The summed E-state index contributed by atoms with van der Waals surface area (Å²) in [5.41, 5.74) is 0. The van der Waals surface area contributed by atoms with E-state index in [1.807, 2.05) is 11.3 Å². The fourth-order valence-corrected chi connectivity index (χ4v) is 3.97. The normalized spacial score (nSPS) is 18.6. The summed E-state index contributed by atoms with van der Waals surface area (Å²) in [4.78, 5) is 5.82. The van der Waals surface area contributed by atoms with E-state index < -0.39 is 0 Å². The third kappa shape index (κ3) is 4.30. The standard InChI is InChI=1S/C16H28N2S/c1-3-5-6-7-15(18-12-10-17-11-13-18)16-9-8-14(4-2)19-16/h8-9,15,17H,3-7,10-13H2,1-2H3/t15-/m1/s1. The van der Waals surface area contributed by atoms with Crippen LogP contribution in [0.5, 0.6) is 0 Å². The zero-order valence-electron chi connectivity index (χ0n) is 12.5. The molecule has 0 spiro atoms. The Hall–Kier alpha value is -0.380. The Balaban J connectivity index is 2.03. The number of hydrogen-bond donors (Lipinski definition) is 1. The zero-order valence-corrected chi connectivity index (χ0v) is 13.3. The Morgan fingerprint density at radius 3 is 2.63 bits per heavy atom. The van der Waals surface area contributed by atoms with Gasteiger partial charge in [-0.15, -0.1) is 11.3 Å².